The number of carbonyl (C=O) groups is 1. The smallest absolute Gasteiger partial charge is 0.306 e. The molecule has 8 heteroatoms. The molecule has 2 unspecified atom stereocenters. The summed E-state index contributed by atoms with van der Waals surface area (Å²) in [7, 11) is 0. The van der Waals surface area contributed by atoms with Gasteiger partial charge in [0.25, 0.3) is 0 Å². The number of anilines is 4. The summed E-state index contributed by atoms with van der Waals surface area (Å²) in [5.41, 5.74) is 3.50. The predicted octanol–water partition coefficient (Wildman–Crippen LogP) is 4.92. The molecule has 2 aliphatic heterocycles. The van der Waals surface area contributed by atoms with Crippen molar-refractivity contribution in [2.75, 3.05) is 47.8 Å². The maximum Gasteiger partial charge on any atom is 0.306 e. The number of hydrogen-bond donors (Lipinski definition) is 2. The van der Waals surface area contributed by atoms with Gasteiger partial charge in [-0.3, -0.25) is 4.79 Å². The molecule has 0 radical (unpaired) electrons. The summed E-state index contributed by atoms with van der Waals surface area (Å²) in [5.74, 6) is 0.777. The Bertz CT molecular complexity index is 1020. The van der Waals surface area contributed by atoms with Crippen molar-refractivity contribution in [3.63, 3.8) is 0 Å². The Morgan fingerprint density at radius 3 is 2.50 bits per heavy atom. The number of aliphatic carboxylic acids is 1. The Morgan fingerprint density at radius 2 is 1.86 bits per heavy atom. The Kier molecular flexibility index (Phi) is 8.67. The van der Waals surface area contributed by atoms with Crippen LogP contribution in [0.1, 0.15) is 58.4 Å². The average molecular weight is 495 g/mol. The number of carboxylic acids is 1. The van der Waals surface area contributed by atoms with Crippen molar-refractivity contribution in [2.24, 2.45) is 5.92 Å². The maximum absolute atomic E-state index is 11.3. The van der Waals surface area contributed by atoms with Gasteiger partial charge in [0.1, 0.15) is 5.82 Å². The van der Waals surface area contributed by atoms with E-state index in [1.54, 1.807) is 0 Å². The minimum absolute atomic E-state index is 0.177. The molecule has 2 aromatic rings. The number of likely N-dealkylation sites (tertiary alicyclic amines) is 1. The molecule has 2 fully saturated rings. The number of nitrogens with one attached hydrogen (secondary N) is 1. The molecule has 2 N–H and O–H groups in total. The highest BCUT2D eigenvalue weighted by molar-refractivity contribution is 5.70. The van der Waals surface area contributed by atoms with Crippen molar-refractivity contribution < 1.29 is 9.90 Å². The van der Waals surface area contributed by atoms with Crippen molar-refractivity contribution in [3.8, 4) is 0 Å². The largest absolute Gasteiger partial charge is 0.481 e. The molecule has 8 nitrogen and oxygen atoms in total. The van der Waals surface area contributed by atoms with Gasteiger partial charge in [-0.05, 0) is 95.8 Å². The van der Waals surface area contributed by atoms with E-state index in [0.717, 1.165) is 82.3 Å². The summed E-state index contributed by atoms with van der Waals surface area (Å²) >= 11 is 0. The third-order valence-electron chi connectivity index (χ3n) is 8.06. The molecular weight excluding hydrogens is 452 g/mol. The summed E-state index contributed by atoms with van der Waals surface area (Å²) < 4.78 is 0. The summed E-state index contributed by atoms with van der Waals surface area (Å²) in [5, 5.41) is 12.8. The van der Waals surface area contributed by atoms with Crippen molar-refractivity contribution >= 4 is 29.1 Å². The van der Waals surface area contributed by atoms with E-state index in [0.29, 0.717) is 12.1 Å². The first-order chi connectivity index (χ1) is 17.4. The van der Waals surface area contributed by atoms with Gasteiger partial charge in [0.15, 0.2) is 0 Å². The normalized spacial score (nSPS) is 21.4. The molecule has 196 valence electrons. The van der Waals surface area contributed by atoms with Gasteiger partial charge >= 0.3 is 5.97 Å². The van der Waals surface area contributed by atoms with Crippen molar-refractivity contribution in [1.29, 1.82) is 0 Å². The van der Waals surface area contributed by atoms with Crippen molar-refractivity contribution in [3.05, 3.63) is 36.0 Å². The third-order valence-corrected chi connectivity index (χ3v) is 8.06. The molecule has 2 saturated heterocycles. The monoisotopic (exact) mass is 494 g/mol. The number of aromatic nitrogens is 2. The van der Waals surface area contributed by atoms with Crippen LogP contribution in [0.3, 0.4) is 0 Å². The standard InChI is InChI=1S/C28H42N6O2/c1-5-22-19-24(33-15-11-21(12-16-33)27(35)36)13-17-34(22)28-29-14-10-26(31-28)30-25-9-8-23(18-20(25)4)32(6-2)7-3/h8-10,14,18,21-22,24H,5-7,11-13,15-17,19H2,1-4H3,(H,35,36)(H,29,30,31). The lowest BCUT2D eigenvalue weighted by Crippen LogP contribution is -2.52. The average Bonchev–Trinajstić information content (AvgIpc) is 2.90. The van der Waals surface area contributed by atoms with E-state index in [1.807, 2.05) is 12.3 Å². The zero-order valence-electron chi connectivity index (χ0n) is 22.3. The van der Waals surface area contributed by atoms with Crippen LogP contribution < -0.4 is 15.1 Å². The van der Waals surface area contributed by atoms with Crippen LogP contribution in [0.2, 0.25) is 0 Å². The maximum atomic E-state index is 11.3. The van der Waals surface area contributed by atoms with E-state index in [1.165, 1.54) is 11.3 Å². The number of carboxylic acid groups (broad SMARTS) is 1. The molecule has 3 heterocycles. The predicted molar refractivity (Wildman–Crippen MR) is 146 cm³/mol. The molecule has 36 heavy (non-hydrogen) atoms. The lowest BCUT2D eigenvalue weighted by molar-refractivity contribution is -0.143. The van der Waals surface area contributed by atoms with E-state index in [2.05, 4.69) is 70.9 Å². The van der Waals surface area contributed by atoms with Crippen LogP contribution in [0.15, 0.2) is 30.5 Å². The van der Waals surface area contributed by atoms with E-state index in [9.17, 15) is 9.90 Å². The zero-order valence-corrected chi connectivity index (χ0v) is 22.3. The number of hydrogen-bond acceptors (Lipinski definition) is 7. The van der Waals surface area contributed by atoms with Gasteiger partial charge in [-0.2, -0.15) is 4.98 Å². The highest BCUT2D eigenvalue weighted by atomic mass is 16.4. The van der Waals surface area contributed by atoms with Gasteiger partial charge in [-0.15, -0.1) is 0 Å². The molecule has 0 aliphatic carbocycles. The van der Waals surface area contributed by atoms with E-state index < -0.39 is 5.97 Å². The zero-order chi connectivity index (χ0) is 25.7. The molecule has 0 amide bonds. The first kappa shape index (κ1) is 26.2. The van der Waals surface area contributed by atoms with Crippen LogP contribution >= 0.6 is 0 Å². The number of aryl methyl sites for hydroxylation is 1. The number of rotatable bonds is 9. The van der Waals surface area contributed by atoms with Crippen molar-refractivity contribution in [2.45, 2.75) is 71.9 Å². The van der Waals surface area contributed by atoms with Crippen LogP contribution in [0, 0.1) is 12.8 Å². The van der Waals surface area contributed by atoms with E-state index >= 15 is 0 Å². The summed E-state index contributed by atoms with van der Waals surface area (Å²) in [4.78, 5) is 28.1. The van der Waals surface area contributed by atoms with Gasteiger partial charge in [-0.25, -0.2) is 4.98 Å². The first-order valence-corrected chi connectivity index (χ1v) is 13.6. The van der Waals surface area contributed by atoms with Crippen LogP contribution in [0.25, 0.3) is 0 Å². The summed E-state index contributed by atoms with van der Waals surface area (Å²) in [6.07, 6.45) is 6.54. The van der Waals surface area contributed by atoms with Crippen LogP contribution in [-0.4, -0.2) is 70.8 Å². The second-order valence-corrected chi connectivity index (χ2v) is 10.1. The van der Waals surface area contributed by atoms with Gasteiger partial charge in [0, 0.05) is 49.3 Å². The molecule has 0 bridgehead atoms. The topological polar surface area (TPSA) is 84.8 Å². The second kappa shape index (κ2) is 11.9. The third kappa shape index (κ3) is 5.91. The molecule has 1 aromatic heterocycles. The molecule has 1 aromatic carbocycles. The first-order valence-electron chi connectivity index (χ1n) is 13.6. The molecular formula is C28H42N6O2. The molecule has 0 saturated carbocycles. The minimum atomic E-state index is -0.642. The van der Waals surface area contributed by atoms with Crippen molar-refractivity contribution in [1.82, 2.24) is 14.9 Å². The van der Waals surface area contributed by atoms with Gasteiger partial charge in [0.2, 0.25) is 5.95 Å². The SMILES string of the molecule is CCC1CC(N2CCC(C(=O)O)CC2)CCN1c1nccc(Nc2ccc(N(CC)CC)cc2C)n1. The fraction of sp³-hybridized carbons (Fsp3) is 0.607. The Hall–Kier alpha value is -2.87. The Labute approximate surface area is 215 Å². The Morgan fingerprint density at radius 1 is 1.11 bits per heavy atom. The highest BCUT2D eigenvalue weighted by Crippen LogP contribution is 2.31. The molecule has 4 rings (SSSR count). The quantitative estimate of drug-likeness (QED) is 0.508. The molecule has 2 aliphatic rings. The lowest BCUT2D eigenvalue weighted by atomic mass is 9.90. The molecule has 0 spiro atoms. The number of nitrogens with zero attached hydrogens (tertiary/aromatic N) is 5. The fourth-order valence-corrected chi connectivity index (χ4v) is 5.79. The highest BCUT2D eigenvalue weighted by Gasteiger charge is 2.34. The van der Waals surface area contributed by atoms with E-state index in [4.69, 9.17) is 4.98 Å². The van der Waals surface area contributed by atoms with Crippen LogP contribution in [-0.2, 0) is 4.79 Å². The summed E-state index contributed by atoms with van der Waals surface area (Å²) in [6, 6.07) is 9.36. The van der Waals surface area contributed by atoms with Gasteiger partial charge < -0.3 is 25.1 Å². The molecule has 2 atom stereocenters. The minimum Gasteiger partial charge on any atom is -0.481 e. The number of piperidine rings is 2. The lowest BCUT2D eigenvalue weighted by Gasteiger charge is -2.45. The fourth-order valence-electron chi connectivity index (χ4n) is 5.79. The summed E-state index contributed by atoms with van der Waals surface area (Å²) in [6.45, 7) is 13.4. The van der Waals surface area contributed by atoms with E-state index in [-0.39, 0.29) is 5.92 Å². The Balaban J connectivity index is 1.41. The van der Waals surface area contributed by atoms with Gasteiger partial charge in [-0.1, -0.05) is 6.92 Å². The van der Waals surface area contributed by atoms with Crippen LogP contribution in [0.4, 0.5) is 23.1 Å². The van der Waals surface area contributed by atoms with Crippen LogP contribution in [0.5, 0.6) is 0 Å². The van der Waals surface area contributed by atoms with Gasteiger partial charge in [0.05, 0.1) is 5.92 Å². The second-order valence-electron chi connectivity index (χ2n) is 10.1. The number of benzene rings is 1.